The average Bonchev–Trinajstić information content (AvgIpc) is 3.03. The molecular formula is C22H27ClFN5OS. The number of benzene rings is 1. The van der Waals surface area contributed by atoms with E-state index >= 15 is 0 Å². The molecule has 2 aliphatic rings. The van der Waals surface area contributed by atoms with E-state index in [4.69, 9.17) is 4.42 Å². The number of aromatic nitrogens is 4. The van der Waals surface area contributed by atoms with Crippen LogP contribution in [-0.4, -0.2) is 50.0 Å². The molecule has 0 N–H and O–H groups in total. The molecule has 31 heavy (non-hydrogen) atoms. The van der Waals surface area contributed by atoms with Crippen LogP contribution in [0, 0.1) is 18.2 Å². The lowest BCUT2D eigenvalue weighted by Gasteiger charge is -2.16. The molecule has 1 aromatic carbocycles. The third-order valence-electron chi connectivity index (χ3n) is 6.56. The van der Waals surface area contributed by atoms with Gasteiger partial charge in [-0.2, -0.15) is 0 Å². The molecule has 2 aromatic heterocycles. The lowest BCUT2D eigenvalue weighted by Crippen LogP contribution is -2.23. The van der Waals surface area contributed by atoms with Crippen LogP contribution in [0.15, 0.2) is 40.2 Å². The van der Waals surface area contributed by atoms with Crippen LogP contribution in [0.1, 0.15) is 36.4 Å². The minimum absolute atomic E-state index is 0. The topological polar surface area (TPSA) is 60.0 Å². The predicted octanol–water partition coefficient (Wildman–Crippen LogP) is 4.70. The van der Waals surface area contributed by atoms with Crippen LogP contribution < -0.4 is 0 Å². The van der Waals surface area contributed by atoms with E-state index in [2.05, 4.69) is 20.1 Å². The Bertz CT molecular complexity index is 1040. The van der Waals surface area contributed by atoms with Gasteiger partial charge >= 0.3 is 0 Å². The molecule has 1 saturated heterocycles. The number of rotatable bonds is 7. The van der Waals surface area contributed by atoms with Gasteiger partial charge in [-0.3, -0.25) is 0 Å². The second-order valence-corrected chi connectivity index (χ2v) is 9.59. The Balaban J connectivity index is 0.00000231. The zero-order chi connectivity index (χ0) is 20.7. The van der Waals surface area contributed by atoms with Crippen molar-refractivity contribution in [3.05, 3.63) is 47.7 Å². The van der Waals surface area contributed by atoms with Crippen LogP contribution in [0.2, 0.25) is 0 Å². The maximum Gasteiger partial charge on any atom is 0.202 e. The number of aryl methyl sites for hydroxylation is 1. The summed E-state index contributed by atoms with van der Waals surface area (Å²) in [6, 6.07) is 7.10. The first-order chi connectivity index (χ1) is 14.6. The van der Waals surface area contributed by atoms with E-state index in [1.807, 2.05) is 30.7 Å². The Morgan fingerprint density at radius 1 is 1.26 bits per heavy atom. The number of hydrogen-bond donors (Lipinski definition) is 0. The molecule has 0 radical (unpaired) electrons. The van der Waals surface area contributed by atoms with Crippen LogP contribution in [0.3, 0.4) is 0 Å². The highest BCUT2D eigenvalue weighted by Gasteiger charge is 2.57. The first-order valence-corrected chi connectivity index (χ1v) is 11.4. The van der Waals surface area contributed by atoms with Crippen LogP contribution in [0.5, 0.6) is 0 Å². The van der Waals surface area contributed by atoms with Gasteiger partial charge in [-0.15, -0.1) is 22.6 Å². The van der Waals surface area contributed by atoms with Gasteiger partial charge < -0.3 is 13.9 Å². The molecule has 3 heterocycles. The van der Waals surface area contributed by atoms with Gasteiger partial charge in [0.05, 0.1) is 5.69 Å². The fraction of sp³-hybridized carbons (Fsp3) is 0.500. The maximum atomic E-state index is 13.2. The highest BCUT2D eigenvalue weighted by atomic mass is 35.5. The van der Waals surface area contributed by atoms with Crippen molar-refractivity contribution in [3.8, 4) is 11.6 Å². The van der Waals surface area contributed by atoms with E-state index in [9.17, 15) is 4.39 Å². The summed E-state index contributed by atoms with van der Waals surface area (Å²) in [7, 11) is 1.96. The summed E-state index contributed by atoms with van der Waals surface area (Å²) < 4.78 is 20.6. The molecule has 1 saturated carbocycles. The fourth-order valence-corrected chi connectivity index (χ4v) is 5.58. The lowest BCUT2D eigenvalue weighted by atomic mass is 9.98. The van der Waals surface area contributed by atoms with E-state index in [1.165, 1.54) is 37.9 Å². The quantitative estimate of drug-likeness (QED) is 0.374. The van der Waals surface area contributed by atoms with Crippen LogP contribution in [-0.2, 0) is 7.05 Å². The van der Waals surface area contributed by atoms with Gasteiger partial charge in [0.25, 0.3) is 0 Å². The summed E-state index contributed by atoms with van der Waals surface area (Å²) in [4.78, 5) is 6.72. The number of nitrogens with zero attached hydrogens (tertiary/aromatic N) is 5. The third-order valence-corrected chi connectivity index (χ3v) is 7.67. The van der Waals surface area contributed by atoms with Gasteiger partial charge in [0, 0.05) is 19.3 Å². The normalized spacial score (nSPS) is 22.7. The Kier molecular flexibility index (Phi) is 6.42. The average molecular weight is 464 g/mol. The molecule has 6 nitrogen and oxygen atoms in total. The van der Waals surface area contributed by atoms with Crippen molar-refractivity contribution in [2.24, 2.45) is 12.5 Å². The van der Waals surface area contributed by atoms with Gasteiger partial charge in [0.15, 0.2) is 17.3 Å². The van der Waals surface area contributed by atoms with Crippen molar-refractivity contribution < 1.29 is 8.81 Å². The minimum atomic E-state index is -0.148. The van der Waals surface area contributed by atoms with E-state index in [1.54, 1.807) is 23.9 Å². The molecule has 2 fully saturated rings. The zero-order valence-electron chi connectivity index (χ0n) is 17.8. The molecule has 1 aliphatic heterocycles. The van der Waals surface area contributed by atoms with E-state index in [-0.39, 0.29) is 18.2 Å². The second-order valence-electron chi connectivity index (χ2n) is 8.53. The lowest BCUT2D eigenvalue weighted by molar-refractivity contribution is 0.319. The van der Waals surface area contributed by atoms with Crippen LogP contribution >= 0.6 is 24.2 Å². The van der Waals surface area contributed by atoms with Crippen molar-refractivity contribution in [1.29, 1.82) is 0 Å². The van der Waals surface area contributed by atoms with Gasteiger partial charge in [-0.1, -0.05) is 23.9 Å². The number of hydrogen-bond acceptors (Lipinski definition) is 6. The van der Waals surface area contributed by atoms with Crippen molar-refractivity contribution in [2.45, 2.75) is 37.3 Å². The molecule has 0 unspecified atom stereocenters. The zero-order valence-corrected chi connectivity index (χ0v) is 19.4. The molecule has 0 amide bonds. The van der Waals surface area contributed by atoms with Gasteiger partial charge in [-0.25, -0.2) is 9.37 Å². The van der Waals surface area contributed by atoms with Crippen molar-refractivity contribution in [3.63, 3.8) is 0 Å². The standard InChI is InChI=1S/C22H26FN5OS.ClH/c1-15-19(29-14-24-15)20-25-26-21(27(20)2)30-11-3-9-28-10-8-22(13-28)12-18(22)16-4-6-17(23)7-5-16;/h4-7,14,18H,3,8-13H2,1-2H3;1H/t18-,22-;/m1./s1. The Labute approximate surface area is 192 Å². The first kappa shape index (κ1) is 22.3. The van der Waals surface area contributed by atoms with E-state index < -0.39 is 0 Å². The summed E-state index contributed by atoms with van der Waals surface area (Å²) in [6.07, 6.45) is 5.05. The summed E-state index contributed by atoms with van der Waals surface area (Å²) in [6.45, 7) is 5.35. The molecule has 5 rings (SSSR count). The van der Waals surface area contributed by atoms with Crippen molar-refractivity contribution >= 4 is 24.2 Å². The maximum absolute atomic E-state index is 13.2. The molecular weight excluding hydrogens is 437 g/mol. The predicted molar refractivity (Wildman–Crippen MR) is 121 cm³/mol. The second kappa shape index (κ2) is 8.92. The number of thioether (sulfide) groups is 1. The number of likely N-dealkylation sites (tertiary alicyclic amines) is 1. The Morgan fingerprint density at radius 3 is 2.81 bits per heavy atom. The summed E-state index contributed by atoms with van der Waals surface area (Å²) in [5.74, 6) is 2.86. The summed E-state index contributed by atoms with van der Waals surface area (Å²) >= 11 is 1.73. The fourth-order valence-electron chi connectivity index (χ4n) is 4.75. The van der Waals surface area contributed by atoms with Crippen LogP contribution in [0.4, 0.5) is 4.39 Å². The largest absolute Gasteiger partial charge is 0.440 e. The molecule has 9 heteroatoms. The first-order valence-electron chi connectivity index (χ1n) is 10.5. The van der Waals surface area contributed by atoms with E-state index in [0.29, 0.717) is 17.1 Å². The van der Waals surface area contributed by atoms with Crippen LogP contribution in [0.25, 0.3) is 11.6 Å². The van der Waals surface area contributed by atoms with Gasteiger partial charge in [-0.05, 0) is 68.3 Å². The molecule has 0 bridgehead atoms. The Morgan fingerprint density at radius 2 is 2.06 bits per heavy atom. The molecule has 3 aromatic rings. The summed E-state index contributed by atoms with van der Waals surface area (Å²) in [5.41, 5.74) is 2.55. The van der Waals surface area contributed by atoms with Gasteiger partial charge in [0.1, 0.15) is 5.82 Å². The van der Waals surface area contributed by atoms with Gasteiger partial charge in [0.2, 0.25) is 5.82 Å². The Hall–Kier alpha value is -1.90. The van der Waals surface area contributed by atoms with Crippen molar-refractivity contribution in [1.82, 2.24) is 24.6 Å². The summed E-state index contributed by atoms with van der Waals surface area (Å²) in [5, 5.41) is 9.48. The highest BCUT2D eigenvalue weighted by Crippen LogP contribution is 2.64. The SMILES string of the molecule is Cc1ncoc1-c1nnc(SCCCN2CC[C@@]3(C[C@@H]3c3ccc(F)cc3)C2)n1C.Cl. The minimum Gasteiger partial charge on any atom is -0.440 e. The molecule has 1 aliphatic carbocycles. The highest BCUT2D eigenvalue weighted by molar-refractivity contribution is 7.99. The smallest absolute Gasteiger partial charge is 0.202 e. The third kappa shape index (κ3) is 4.38. The van der Waals surface area contributed by atoms with Crippen molar-refractivity contribution in [2.75, 3.05) is 25.4 Å². The molecule has 2 atom stereocenters. The molecule has 166 valence electrons. The number of oxazole rings is 1. The molecule has 1 spiro atoms. The van der Waals surface area contributed by atoms with E-state index in [0.717, 1.165) is 35.4 Å². The monoisotopic (exact) mass is 463 g/mol. The number of halogens is 2.